The minimum Gasteiger partial charge on any atom is -0.462 e. The largest absolute Gasteiger partial charge is 0.472 e. The summed E-state index contributed by atoms with van der Waals surface area (Å²) in [6.45, 7) is 4.42. The van der Waals surface area contributed by atoms with Gasteiger partial charge in [0.05, 0.1) is 26.4 Å². The van der Waals surface area contributed by atoms with Crippen LogP contribution in [0.15, 0.2) is 146 Å². The molecule has 0 saturated carbocycles. The molecule has 5 unspecified atom stereocenters. The molecule has 19 heteroatoms. The maximum atomic E-state index is 13.1. The molecule has 0 aromatic rings. The Morgan fingerprint density at radius 2 is 0.510 bits per heavy atom. The van der Waals surface area contributed by atoms with Crippen LogP contribution in [0.5, 0.6) is 0 Å². The minimum absolute atomic E-state index is 0.0621. The molecule has 0 fully saturated rings. The lowest BCUT2D eigenvalue weighted by Crippen LogP contribution is -2.30. The van der Waals surface area contributed by atoms with Crippen LogP contribution >= 0.6 is 15.6 Å². The number of hydrogen-bond acceptors (Lipinski definition) is 15. The second kappa shape index (κ2) is 74.2. The number of rotatable bonds is 72. The van der Waals surface area contributed by atoms with Gasteiger partial charge in [-0.2, -0.15) is 0 Å². The number of phosphoric acid groups is 2. The van der Waals surface area contributed by atoms with Crippen molar-refractivity contribution < 1.29 is 80.2 Å². The van der Waals surface area contributed by atoms with E-state index in [4.69, 9.17) is 37.0 Å². The third-order valence-electron chi connectivity index (χ3n) is 15.8. The number of aliphatic hydroxyl groups is 1. The van der Waals surface area contributed by atoms with Crippen LogP contribution in [0, 0.1) is 0 Å². The lowest BCUT2D eigenvalue weighted by Gasteiger charge is -2.21. The molecule has 0 bridgehead atoms. The monoisotopic (exact) mass is 1470 g/mol. The van der Waals surface area contributed by atoms with Crippen LogP contribution in [0.3, 0.4) is 0 Å². The zero-order valence-electron chi connectivity index (χ0n) is 63.5. The maximum Gasteiger partial charge on any atom is 0.472 e. The molecule has 102 heavy (non-hydrogen) atoms. The first-order valence-electron chi connectivity index (χ1n) is 39.1. The smallest absolute Gasteiger partial charge is 0.462 e. The highest BCUT2D eigenvalue weighted by atomic mass is 31.2. The van der Waals surface area contributed by atoms with E-state index in [1.165, 1.54) is 25.7 Å². The molecule has 0 aromatic carbocycles. The lowest BCUT2D eigenvalue weighted by molar-refractivity contribution is -0.161. The summed E-state index contributed by atoms with van der Waals surface area (Å²) in [6, 6.07) is 0. The zero-order valence-corrected chi connectivity index (χ0v) is 65.3. The van der Waals surface area contributed by atoms with Crippen LogP contribution in [0.1, 0.15) is 297 Å². The average molecular weight is 1470 g/mol. The minimum atomic E-state index is -4.99. The predicted octanol–water partition coefficient (Wildman–Crippen LogP) is 22.7. The molecule has 582 valence electrons. The molecule has 0 spiro atoms. The van der Waals surface area contributed by atoms with Crippen molar-refractivity contribution in [2.24, 2.45) is 0 Å². The van der Waals surface area contributed by atoms with E-state index in [2.05, 4.69) is 174 Å². The number of phosphoric ester groups is 2. The fourth-order valence-corrected chi connectivity index (χ4v) is 11.5. The van der Waals surface area contributed by atoms with Crippen molar-refractivity contribution in [3.05, 3.63) is 146 Å². The summed E-state index contributed by atoms with van der Waals surface area (Å²) in [5, 5.41) is 10.6. The second-order valence-corrected chi connectivity index (χ2v) is 28.4. The molecule has 0 aromatic heterocycles. The number of ether oxygens (including phenoxy) is 4. The van der Waals surface area contributed by atoms with Crippen molar-refractivity contribution in [1.82, 2.24) is 0 Å². The van der Waals surface area contributed by atoms with Gasteiger partial charge >= 0.3 is 39.5 Å². The molecule has 0 saturated heterocycles. The Bertz CT molecular complexity index is 2510. The predicted molar refractivity (Wildman–Crippen MR) is 417 cm³/mol. The summed E-state index contributed by atoms with van der Waals surface area (Å²) >= 11 is 0. The highest BCUT2D eigenvalue weighted by Gasteiger charge is 2.30. The third kappa shape index (κ3) is 73.3. The van der Waals surface area contributed by atoms with Gasteiger partial charge in [-0.3, -0.25) is 37.3 Å². The number of allylic oxidation sites excluding steroid dienone is 24. The molecule has 0 amide bonds. The van der Waals surface area contributed by atoms with E-state index in [0.717, 1.165) is 193 Å². The normalized spacial score (nSPS) is 14.7. The highest BCUT2D eigenvalue weighted by Crippen LogP contribution is 2.45. The first-order chi connectivity index (χ1) is 49.7. The zero-order chi connectivity index (χ0) is 74.6. The molecule has 5 atom stereocenters. The van der Waals surface area contributed by atoms with Crippen molar-refractivity contribution in [2.45, 2.75) is 316 Å². The first-order valence-corrected chi connectivity index (χ1v) is 42.1. The van der Waals surface area contributed by atoms with E-state index < -0.39 is 97.5 Å². The van der Waals surface area contributed by atoms with E-state index in [0.29, 0.717) is 25.7 Å². The van der Waals surface area contributed by atoms with Crippen molar-refractivity contribution >= 4 is 39.5 Å². The molecule has 0 aliphatic heterocycles. The quantitative estimate of drug-likeness (QED) is 0.0169. The Labute approximate surface area is 617 Å². The SMILES string of the molecule is CC/C=C\C/C=C\C/C=C\C/C=C\CCCCCCCCC(=O)OCC(COP(=O)(O)OCC(O)COP(=O)(O)OCC(COC(=O)CCCC/C=C\C/C=C\C/C=C\C/C=C\CC)OC(=O)CCCCCCC/C=C\C/C=C\C/C=C\CC)OC(=O)CCCCCCC/C=C\CCCCCC. The summed E-state index contributed by atoms with van der Waals surface area (Å²) in [5.74, 6) is -2.27. The lowest BCUT2D eigenvalue weighted by atomic mass is 10.1. The fourth-order valence-electron chi connectivity index (χ4n) is 9.92. The molecule has 0 aliphatic carbocycles. The van der Waals surface area contributed by atoms with Gasteiger partial charge in [0.15, 0.2) is 12.2 Å². The Kier molecular flexibility index (Phi) is 70.5. The van der Waals surface area contributed by atoms with E-state index >= 15 is 0 Å². The molecular weight excluding hydrogens is 1330 g/mol. The van der Waals surface area contributed by atoms with Crippen molar-refractivity contribution in [2.75, 3.05) is 39.6 Å². The summed E-state index contributed by atoms with van der Waals surface area (Å²) in [5.41, 5.74) is 0. The molecule has 0 heterocycles. The van der Waals surface area contributed by atoms with Gasteiger partial charge in [-0.05, 0) is 161 Å². The fraction of sp³-hybridized carbons (Fsp3) is 0.663. The Morgan fingerprint density at radius 1 is 0.284 bits per heavy atom. The van der Waals surface area contributed by atoms with Crippen molar-refractivity contribution in [1.29, 1.82) is 0 Å². The van der Waals surface area contributed by atoms with Gasteiger partial charge < -0.3 is 33.8 Å². The van der Waals surface area contributed by atoms with Crippen LogP contribution in [0.4, 0.5) is 0 Å². The van der Waals surface area contributed by atoms with Gasteiger partial charge in [0.1, 0.15) is 19.3 Å². The van der Waals surface area contributed by atoms with E-state index in [1.807, 2.05) is 0 Å². The third-order valence-corrected chi connectivity index (χ3v) is 17.7. The second-order valence-electron chi connectivity index (χ2n) is 25.5. The molecule has 17 nitrogen and oxygen atoms in total. The molecule has 0 rings (SSSR count). The number of carbonyl (C=O) groups is 4. The Balaban J connectivity index is 5.41. The van der Waals surface area contributed by atoms with E-state index in [9.17, 15) is 43.2 Å². The molecule has 3 N–H and O–H groups in total. The Morgan fingerprint density at radius 3 is 0.814 bits per heavy atom. The van der Waals surface area contributed by atoms with E-state index in [1.54, 1.807) is 0 Å². The van der Waals surface area contributed by atoms with Crippen LogP contribution < -0.4 is 0 Å². The van der Waals surface area contributed by atoms with Crippen LogP contribution in [0.25, 0.3) is 0 Å². The van der Waals surface area contributed by atoms with Gasteiger partial charge in [0, 0.05) is 25.7 Å². The van der Waals surface area contributed by atoms with Gasteiger partial charge in [-0.15, -0.1) is 0 Å². The van der Waals surface area contributed by atoms with E-state index in [-0.39, 0.29) is 25.7 Å². The maximum absolute atomic E-state index is 13.1. The van der Waals surface area contributed by atoms with Gasteiger partial charge in [-0.25, -0.2) is 9.13 Å². The standard InChI is InChI=1S/C83H138O17P2/c1-5-9-13-17-21-25-29-33-36-37-38-39-42-45-48-52-56-60-64-68-81(86)94-73-78(99-82(87)69-65-61-57-53-49-43-32-28-24-20-16-12-8-4)75-97-101(89,90)95-71-77(84)72-96-102(91,92)98-76-79(100-83(88)70-66-62-58-54-50-46-41-35-31-27-23-19-15-11-7-3)74-93-80(85)67-63-59-55-51-47-44-40-34-30-26-22-18-14-10-6-2/h9-11,13-15,21-23,25-28,32-36,38-41,47,51,77-79,84H,5-8,12,16-20,24,29-31,37,42-46,48-50,52-76H2,1-4H3,(H,89,90)(H,91,92)/b13-9-,14-10-,15-11-,25-21-,26-22-,27-23-,32-28-,36-33-,39-38-,40-34-,41-35-,51-47-. The summed E-state index contributed by atoms with van der Waals surface area (Å²) in [4.78, 5) is 72.9. The molecule has 0 radical (unpaired) electrons. The average Bonchev–Trinajstić information content (AvgIpc) is 0.908. The van der Waals surface area contributed by atoms with Gasteiger partial charge in [0.25, 0.3) is 0 Å². The van der Waals surface area contributed by atoms with Crippen molar-refractivity contribution in [3.63, 3.8) is 0 Å². The number of hydrogen-bond donors (Lipinski definition) is 3. The van der Waals surface area contributed by atoms with Crippen LogP contribution in [0.2, 0.25) is 0 Å². The summed E-state index contributed by atoms with van der Waals surface area (Å²) < 4.78 is 68.5. The number of esters is 4. The molecule has 0 aliphatic rings. The summed E-state index contributed by atoms with van der Waals surface area (Å²) in [7, 11) is -9.98. The number of aliphatic hydroxyl groups excluding tert-OH is 1. The number of unbranched alkanes of at least 4 members (excludes halogenated alkanes) is 22. The number of carbonyl (C=O) groups excluding carboxylic acids is 4. The topological polar surface area (TPSA) is 237 Å². The van der Waals surface area contributed by atoms with Gasteiger partial charge in [-0.1, -0.05) is 257 Å². The van der Waals surface area contributed by atoms with Crippen LogP contribution in [-0.4, -0.2) is 96.7 Å². The highest BCUT2D eigenvalue weighted by molar-refractivity contribution is 7.47. The Hall–Kier alpha value is -5.06. The van der Waals surface area contributed by atoms with Crippen LogP contribution in [-0.2, 0) is 65.4 Å². The summed E-state index contributed by atoms with van der Waals surface area (Å²) in [6.07, 6.45) is 84.0. The first kappa shape index (κ1) is 96.9. The van der Waals surface area contributed by atoms with Crippen molar-refractivity contribution in [3.8, 4) is 0 Å². The van der Waals surface area contributed by atoms with Gasteiger partial charge in [0.2, 0.25) is 0 Å². The molecular formula is C83H138O17P2.